The molecular weight excluding hydrogens is 219 g/mol. The molecule has 1 aromatic rings. The highest BCUT2D eigenvalue weighted by atomic mass is 19.4. The zero-order valence-electron chi connectivity index (χ0n) is 17.6. The van der Waals surface area contributed by atoms with E-state index in [0.717, 1.165) is 0 Å². The van der Waals surface area contributed by atoms with Crippen molar-refractivity contribution in [3.05, 3.63) is 23.9 Å². The Morgan fingerprint density at radius 1 is 1.75 bits per heavy atom. The van der Waals surface area contributed by atoms with Gasteiger partial charge in [0.1, 0.15) is 8.64 Å². The van der Waals surface area contributed by atoms with Crippen molar-refractivity contribution in [3.63, 3.8) is 0 Å². The van der Waals surface area contributed by atoms with E-state index in [1.54, 1.807) is 0 Å². The minimum Gasteiger partial charge on any atom is -0.355 e. The SMILES string of the molecule is [2H]c1ccnc(N2C([2H])([2H])C([2H])([2H])[C@@]([2H])(N([2H])[2H])C2([2H])[2H])c1C(F)(F)F. The molecule has 1 aliphatic heterocycles. The largest absolute Gasteiger partial charge is 0.419 e. The van der Waals surface area contributed by atoms with Gasteiger partial charge >= 0.3 is 6.18 Å². The van der Waals surface area contributed by atoms with Gasteiger partial charge in [-0.3, -0.25) is 0 Å². The van der Waals surface area contributed by atoms with Gasteiger partial charge in [-0.1, -0.05) is 0 Å². The van der Waals surface area contributed by atoms with E-state index in [1.165, 1.54) is 0 Å². The second-order valence-electron chi connectivity index (χ2n) is 2.82. The smallest absolute Gasteiger partial charge is 0.355 e. The molecule has 0 spiro atoms. The molecule has 0 radical (unpaired) electrons. The van der Waals surface area contributed by atoms with Crippen LogP contribution in [0, 0.1) is 0 Å². The molecule has 1 atom stereocenters. The maximum Gasteiger partial charge on any atom is 0.419 e. The third kappa shape index (κ3) is 2.11. The van der Waals surface area contributed by atoms with Crippen LogP contribution in [0.1, 0.15) is 22.9 Å². The van der Waals surface area contributed by atoms with E-state index >= 15 is 0 Å². The van der Waals surface area contributed by atoms with Crippen LogP contribution in [-0.2, 0) is 6.18 Å². The summed E-state index contributed by atoms with van der Waals surface area (Å²) in [6, 6.07) is -4.10. The summed E-state index contributed by atoms with van der Waals surface area (Å²) in [5, 5.41) is 0. The fraction of sp³-hybridized carbons (Fsp3) is 0.500. The fourth-order valence-electron chi connectivity index (χ4n) is 1.11. The van der Waals surface area contributed by atoms with Gasteiger partial charge in [0, 0.05) is 32.1 Å². The van der Waals surface area contributed by atoms with Gasteiger partial charge in [0.25, 0.3) is 0 Å². The first-order valence-corrected chi connectivity index (χ1v) is 4.07. The molecule has 1 fully saturated rings. The summed E-state index contributed by atoms with van der Waals surface area (Å²) in [6.07, 6.45) is -8.21. The van der Waals surface area contributed by atoms with Crippen molar-refractivity contribution in [2.45, 2.75) is 18.6 Å². The molecule has 6 heteroatoms. The quantitative estimate of drug-likeness (QED) is 0.855. The van der Waals surface area contributed by atoms with Crippen LogP contribution in [0.25, 0.3) is 0 Å². The number of hydrogen-bond donors (Lipinski definition) is 1. The average Bonchev–Trinajstić information content (AvgIpc) is 2.51. The number of rotatable bonds is 2. The Balaban J connectivity index is 2.90. The molecule has 1 aromatic heterocycles. The van der Waals surface area contributed by atoms with Crippen LogP contribution in [0.5, 0.6) is 0 Å². The maximum absolute atomic E-state index is 13.4. The summed E-state index contributed by atoms with van der Waals surface area (Å²) in [6.45, 7) is -7.25. The lowest BCUT2D eigenvalue weighted by atomic mass is 10.2. The number of anilines is 1. The number of nitrogens with two attached hydrogens (primary N) is 1. The van der Waals surface area contributed by atoms with Gasteiger partial charge in [-0.25, -0.2) is 4.98 Å². The molecule has 0 aromatic carbocycles. The van der Waals surface area contributed by atoms with Crippen LogP contribution in [-0.4, -0.2) is 24.0 Å². The third-order valence-electron chi connectivity index (χ3n) is 1.72. The van der Waals surface area contributed by atoms with E-state index in [2.05, 4.69) is 4.98 Å². The summed E-state index contributed by atoms with van der Waals surface area (Å²) < 4.78 is 117. The van der Waals surface area contributed by atoms with Crippen molar-refractivity contribution in [2.75, 3.05) is 17.9 Å². The highest BCUT2D eigenvalue weighted by Gasteiger charge is 2.36. The van der Waals surface area contributed by atoms with Gasteiger partial charge in [-0.2, -0.15) is 13.2 Å². The number of pyridine rings is 1. The fourth-order valence-corrected chi connectivity index (χ4v) is 1.11. The van der Waals surface area contributed by atoms with Gasteiger partial charge < -0.3 is 10.6 Å². The number of halogens is 3. The van der Waals surface area contributed by atoms with E-state index in [-0.39, 0.29) is 4.90 Å². The normalized spacial score (nSPS) is 44.9. The van der Waals surface area contributed by atoms with Crippen molar-refractivity contribution in [1.82, 2.24) is 4.98 Å². The van der Waals surface area contributed by atoms with Gasteiger partial charge in [0.2, 0.25) is 0 Å². The Hall–Kier alpha value is -1.30. The zero-order valence-corrected chi connectivity index (χ0v) is 7.63. The Labute approximate surface area is 105 Å². The molecule has 16 heavy (non-hydrogen) atoms. The first kappa shape index (κ1) is 4.18. The monoisotopic (exact) mass is 241 g/mol. The lowest BCUT2D eigenvalue weighted by Crippen LogP contribution is -2.28. The molecule has 2 rings (SSSR count). The van der Waals surface area contributed by atoms with E-state index in [4.69, 9.17) is 13.8 Å². The topological polar surface area (TPSA) is 42.2 Å². The minimum absolute atomic E-state index is 0.357. The zero-order chi connectivity index (χ0) is 20.5. The van der Waals surface area contributed by atoms with E-state index < -0.39 is 54.7 Å². The number of nitrogens with zero attached hydrogens (tertiary/aromatic N) is 2. The van der Waals surface area contributed by atoms with Gasteiger partial charge in [-0.15, -0.1) is 0 Å². The molecule has 2 heterocycles. The first-order chi connectivity index (χ1) is 11.5. The first-order valence-electron chi connectivity index (χ1n) is 8.96. The third-order valence-corrected chi connectivity index (χ3v) is 1.72. The Morgan fingerprint density at radius 2 is 2.56 bits per heavy atom. The average molecular weight is 241 g/mol. The van der Waals surface area contributed by atoms with Crippen molar-refractivity contribution >= 4 is 5.82 Å². The van der Waals surface area contributed by atoms with Gasteiger partial charge in [-0.05, 0) is 18.5 Å². The molecule has 1 aliphatic rings. The number of aromatic nitrogens is 1. The molecule has 0 amide bonds. The number of hydrogen-bond acceptors (Lipinski definition) is 3. The van der Waals surface area contributed by atoms with E-state index in [9.17, 15) is 13.2 Å². The lowest BCUT2D eigenvalue weighted by molar-refractivity contribution is -0.137. The lowest BCUT2D eigenvalue weighted by Gasteiger charge is -2.21. The molecule has 3 nitrogen and oxygen atoms in total. The van der Waals surface area contributed by atoms with Crippen LogP contribution >= 0.6 is 0 Å². The summed E-state index contributed by atoms with van der Waals surface area (Å²) in [4.78, 5) is 2.93. The predicted octanol–water partition coefficient (Wildman–Crippen LogP) is 1.64. The maximum atomic E-state index is 13.4. The summed E-state index contributed by atoms with van der Waals surface area (Å²) in [5.74, 6) is -1.44. The van der Waals surface area contributed by atoms with Crippen molar-refractivity contribution in [3.8, 4) is 0 Å². The van der Waals surface area contributed by atoms with Crippen molar-refractivity contribution in [1.29, 1.82) is 0 Å². The highest BCUT2D eigenvalue weighted by molar-refractivity contribution is 5.49. The molecule has 0 saturated carbocycles. The highest BCUT2D eigenvalue weighted by Crippen LogP contribution is 2.35. The summed E-state index contributed by atoms with van der Waals surface area (Å²) in [7, 11) is 0. The molecule has 1 saturated heterocycles. The van der Waals surface area contributed by atoms with Crippen LogP contribution in [0.4, 0.5) is 19.0 Å². The van der Waals surface area contributed by atoms with E-state index in [0.29, 0.717) is 12.3 Å². The van der Waals surface area contributed by atoms with Crippen LogP contribution < -0.4 is 10.6 Å². The Kier molecular flexibility index (Phi) is 1.03. The predicted molar refractivity (Wildman–Crippen MR) is 54.0 cm³/mol. The molecule has 0 bridgehead atoms. The standard InChI is InChI=1S/C10H12F3N3/c11-10(12,13)8-2-1-4-15-9(8)16-5-3-7(14)6-16/h1-2,4,7H,3,5-6,14H2/t7-/m1/s1/i2D,3D2,5D2,6D2,7D/hD2. The van der Waals surface area contributed by atoms with E-state index in [1.807, 2.05) is 0 Å². The molecule has 0 unspecified atom stereocenters. The Morgan fingerprint density at radius 3 is 3.19 bits per heavy atom. The number of alkyl halides is 3. The molecular formula is C10H12F3N3. The second kappa shape index (κ2) is 3.93. The molecule has 0 aliphatic carbocycles. The molecule has 88 valence electrons. The van der Waals surface area contributed by atoms with Gasteiger partial charge in [0.05, 0.1) is 9.68 Å². The minimum atomic E-state index is -5.26. The summed E-state index contributed by atoms with van der Waals surface area (Å²) in [5.41, 5.74) is -2.56. The van der Waals surface area contributed by atoms with Crippen LogP contribution in [0.3, 0.4) is 0 Å². The van der Waals surface area contributed by atoms with Crippen molar-refractivity contribution in [2.24, 2.45) is 5.72 Å². The molecule has 2 N–H and O–H groups in total. The summed E-state index contributed by atoms with van der Waals surface area (Å²) >= 11 is 0. The second-order valence-corrected chi connectivity index (χ2v) is 2.82. The Bertz CT molecular complexity index is 725. The van der Waals surface area contributed by atoms with Gasteiger partial charge in [0.15, 0.2) is 0 Å². The van der Waals surface area contributed by atoms with Crippen LogP contribution in [0.15, 0.2) is 18.3 Å². The van der Waals surface area contributed by atoms with Crippen molar-refractivity contribution < 1.29 is 27.0 Å². The van der Waals surface area contributed by atoms with Crippen LogP contribution in [0.2, 0.25) is 2.82 Å².